The van der Waals surface area contributed by atoms with E-state index in [9.17, 15) is 0 Å². The van der Waals surface area contributed by atoms with Gasteiger partial charge in [-0.3, -0.25) is 4.90 Å². The molecule has 1 fully saturated rings. The first-order valence-electron chi connectivity index (χ1n) is 9.23. The molecule has 0 amide bonds. The van der Waals surface area contributed by atoms with Crippen molar-refractivity contribution in [1.29, 1.82) is 0 Å². The van der Waals surface area contributed by atoms with Crippen molar-refractivity contribution in [2.24, 2.45) is 0 Å². The van der Waals surface area contributed by atoms with Gasteiger partial charge in [0.2, 0.25) is 11.7 Å². The Morgan fingerprint density at radius 3 is 2.38 bits per heavy atom. The largest absolute Gasteiger partial charge is 0.338 e. The Kier molecular flexibility index (Phi) is 5.02. The van der Waals surface area contributed by atoms with Gasteiger partial charge in [-0.1, -0.05) is 42.3 Å². The van der Waals surface area contributed by atoms with E-state index in [1.54, 1.807) is 6.20 Å². The fourth-order valence-corrected chi connectivity index (χ4v) is 3.33. The monoisotopic (exact) mass is 349 g/mol. The maximum Gasteiger partial charge on any atom is 0.241 e. The lowest BCUT2D eigenvalue weighted by Gasteiger charge is -2.16. The predicted molar refractivity (Wildman–Crippen MR) is 99.2 cm³/mol. The Bertz CT molecular complexity index is 851. The summed E-state index contributed by atoms with van der Waals surface area (Å²) in [4.78, 5) is 15.6. The van der Waals surface area contributed by atoms with Gasteiger partial charge < -0.3 is 4.52 Å². The molecule has 0 N–H and O–H groups in total. The summed E-state index contributed by atoms with van der Waals surface area (Å²) in [5, 5.41) is 4.15. The van der Waals surface area contributed by atoms with Crippen LogP contribution in [0.2, 0.25) is 0 Å². The lowest BCUT2D eigenvalue weighted by molar-refractivity contribution is 0.234. The smallest absolute Gasteiger partial charge is 0.241 e. The highest BCUT2D eigenvalue weighted by Gasteiger charge is 2.14. The molecule has 0 unspecified atom stereocenters. The molecule has 0 saturated carbocycles. The van der Waals surface area contributed by atoms with Crippen molar-refractivity contribution >= 4 is 0 Å². The van der Waals surface area contributed by atoms with Crippen LogP contribution in [0.15, 0.2) is 41.1 Å². The standard InChI is InChI=1S/C20H23N5O/c1-15-21-11-10-18(22-15)16-6-8-17(9-7-16)20-23-19(26-24-20)14-25-12-4-2-3-5-13-25/h6-11H,2-5,12-14H2,1H3. The quantitative estimate of drug-likeness (QED) is 0.712. The van der Waals surface area contributed by atoms with Crippen LogP contribution in [0.3, 0.4) is 0 Å². The zero-order valence-electron chi connectivity index (χ0n) is 15.1. The molecule has 0 bridgehead atoms. The van der Waals surface area contributed by atoms with Crippen LogP contribution < -0.4 is 0 Å². The van der Waals surface area contributed by atoms with E-state index in [2.05, 4.69) is 25.0 Å². The summed E-state index contributed by atoms with van der Waals surface area (Å²) in [6, 6.07) is 9.99. The minimum atomic E-state index is 0.639. The van der Waals surface area contributed by atoms with Gasteiger partial charge in [-0.2, -0.15) is 4.98 Å². The molecule has 3 aromatic rings. The highest BCUT2D eigenvalue weighted by Crippen LogP contribution is 2.22. The van der Waals surface area contributed by atoms with Crippen molar-refractivity contribution in [1.82, 2.24) is 25.0 Å². The molecule has 0 aliphatic carbocycles. The summed E-state index contributed by atoms with van der Waals surface area (Å²) < 4.78 is 5.47. The topological polar surface area (TPSA) is 67.9 Å². The van der Waals surface area contributed by atoms with Crippen molar-refractivity contribution in [2.75, 3.05) is 13.1 Å². The number of benzene rings is 1. The van der Waals surface area contributed by atoms with E-state index in [1.807, 2.05) is 37.3 Å². The second-order valence-corrected chi connectivity index (χ2v) is 6.77. The van der Waals surface area contributed by atoms with Crippen molar-refractivity contribution in [3.8, 4) is 22.6 Å². The molecular weight excluding hydrogens is 326 g/mol. The number of hydrogen-bond donors (Lipinski definition) is 0. The molecule has 0 radical (unpaired) electrons. The predicted octanol–water partition coefficient (Wildman–Crippen LogP) is 3.88. The Balaban J connectivity index is 1.47. The average molecular weight is 349 g/mol. The lowest BCUT2D eigenvalue weighted by atomic mass is 10.1. The number of hydrogen-bond acceptors (Lipinski definition) is 6. The second kappa shape index (κ2) is 7.74. The number of aromatic nitrogens is 4. The third kappa shape index (κ3) is 3.96. The number of nitrogens with zero attached hydrogens (tertiary/aromatic N) is 5. The van der Waals surface area contributed by atoms with Crippen LogP contribution in [-0.4, -0.2) is 38.1 Å². The molecule has 6 nitrogen and oxygen atoms in total. The first-order valence-corrected chi connectivity index (χ1v) is 9.23. The van der Waals surface area contributed by atoms with E-state index in [1.165, 1.54) is 25.7 Å². The van der Waals surface area contributed by atoms with Crippen LogP contribution in [0.5, 0.6) is 0 Å². The Hall–Kier alpha value is -2.60. The van der Waals surface area contributed by atoms with Gasteiger partial charge in [-0.05, 0) is 38.9 Å². The molecule has 26 heavy (non-hydrogen) atoms. The summed E-state index contributed by atoms with van der Waals surface area (Å²) in [6.45, 7) is 4.86. The molecule has 2 aromatic heterocycles. The summed E-state index contributed by atoms with van der Waals surface area (Å²) in [7, 11) is 0. The molecule has 1 aliphatic rings. The number of likely N-dealkylation sites (tertiary alicyclic amines) is 1. The van der Waals surface area contributed by atoms with Gasteiger partial charge >= 0.3 is 0 Å². The summed E-state index contributed by atoms with van der Waals surface area (Å²) in [6.07, 6.45) is 6.93. The van der Waals surface area contributed by atoms with Crippen LogP contribution >= 0.6 is 0 Å². The third-order valence-corrected chi connectivity index (χ3v) is 4.74. The zero-order chi connectivity index (χ0) is 17.8. The van der Waals surface area contributed by atoms with Crippen molar-refractivity contribution in [3.05, 3.63) is 48.2 Å². The number of aryl methyl sites for hydroxylation is 1. The SMILES string of the molecule is Cc1nccc(-c2ccc(-c3noc(CN4CCCCCC4)n3)cc2)n1. The van der Waals surface area contributed by atoms with Gasteiger partial charge in [0.05, 0.1) is 12.2 Å². The minimum absolute atomic E-state index is 0.639. The highest BCUT2D eigenvalue weighted by atomic mass is 16.5. The highest BCUT2D eigenvalue weighted by molar-refractivity contribution is 5.64. The summed E-state index contributed by atoms with van der Waals surface area (Å²) in [5.74, 6) is 2.10. The molecule has 6 heteroatoms. The molecule has 1 aromatic carbocycles. The molecule has 0 atom stereocenters. The number of rotatable bonds is 4. The Morgan fingerprint density at radius 2 is 1.65 bits per heavy atom. The van der Waals surface area contributed by atoms with Gasteiger partial charge in [-0.15, -0.1) is 0 Å². The van der Waals surface area contributed by atoms with Crippen molar-refractivity contribution < 1.29 is 4.52 Å². The van der Waals surface area contributed by atoms with Crippen molar-refractivity contribution in [3.63, 3.8) is 0 Å². The van der Waals surface area contributed by atoms with Crippen LogP contribution in [0.1, 0.15) is 37.4 Å². The fraction of sp³-hybridized carbons (Fsp3) is 0.400. The maximum atomic E-state index is 5.47. The second-order valence-electron chi connectivity index (χ2n) is 6.77. The van der Waals surface area contributed by atoms with E-state index in [-0.39, 0.29) is 0 Å². The van der Waals surface area contributed by atoms with Crippen LogP contribution in [0.4, 0.5) is 0 Å². The van der Waals surface area contributed by atoms with Gasteiger partial charge in [0.15, 0.2) is 0 Å². The summed E-state index contributed by atoms with van der Waals surface area (Å²) >= 11 is 0. The van der Waals surface area contributed by atoms with E-state index in [4.69, 9.17) is 4.52 Å². The molecule has 1 aliphatic heterocycles. The van der Waals surface area contributed by atoms with Gasteiger partial charge in [0.25, 0.3) is 0 Å². The van der Waals surface area contributed by atoms with Crippen LogP contribution in [0.25, 0.3) is 22.6 Å². The molecule has 0 spiro atoms. The molecule has 1 saturated heterocycles. The van der Waals surface area contributed by atoms with Gasteiger partial charge in [0.1, 0.15) is 5.82 Å². The summed E-state index contributed by atoms with van der Waals surface area (Å²) in [5.41, 5.74) is 2.91. The molecule has 4 rings (SSSR count). The van der Waals surface area contributed by atoms with E-state index < -0.39 is 0 Å². The molecule has 134 valence electrons. The van der Waals surface area contributed by atoms with Crippen molar-refractivity contribution in [2.45, 2.75) is 39.2 Å². The Morgan fingerprint density at radius 1 is 0.923 bits per heavy atom. The average Bonchev–Trinajstić information content (AvgIpc) is 2.97. The van der Waals surface area contributed by atoms with Crippen LogP contribution in [-0.2, 0) is 6.54 Å². The molecular formula is C20H23N5O. The fourth-order valence-electron chi connectivity index (χ4n) is 3.33. The van der Waals surface area contributed by atoms with E-state index >= 15 is 0 Å². The maximum absolute atomic E-state index is 5.47. The first kappa shape index (κ1) is 16.8. The van der Waals surface area contributed by atoms with Gasteiger partial charge in [0, 0.05) is 17.3 Å². The normalized spacial score (nSPS) is 15.7. The van der Waals surface area contributed by atoms with E-state index in [0.717, 1.165) is 42.3 Å². The molecule has 3 heterocycles. The zero-order valence-corrected chi connectivity index (χ0v) is 15.1. The first-order chi connectivity index (χ1) is 12.8. The third-order valence-electron chi connectivity index (χ3n) is 4.74. The van der Waals surface area contributed by atoms with Gasteiger partial charge in [-0.25, -0.2) is 9.97 Å². The van der Waals surface area contributed by atoms with E-state index in [0.29, 0.717) is 11.7 Å². The van der Waals surface area contributed by atoms with Crippen LogP contribution in [0, 0.1) is 6.92 Å². The lowest BCUT2D eigenvalue weighted by Crippen LogP contribution is -2.24. The minimum Gasteiger partial charge on any atom is -0.338 e. The Labute approximate surface area is 153 Å².